The quantitative estimate of drug-likeness (QED) is 0.356. The van der Waals surface area contributed by atoms with Gasteiger partial charge in [0, 0.05) is 23.9 Å². The first-order valence-corrected chi connectivity index (χ1v) is 8.93. The Balaban J connectivity index is 2.19. The molecule has 2 aromatic rings. The minimum Gasteiger partial charge on any atom is -0.493 e. The number of hydrogen-bond donors (Lipinski definition) is 1. The molecule has 0 spiro atoms. The summed E-state index contributed by atoms with van der Waals surface area (Å²) in [6.07, 6.45) is -1.32. The molecule has 0 saturated carbocycles. The van der Waals surface area contributed by atoms with Crippen molar-refractivity contribution in [3.63, 3.8) is 0 Å². The lowest BCUT2D eigenvalue weighted by molar-refractivity contribution is -0.385. The van der Waals surface area contributed by atoms with Crippen LogP contribution in [0.3, 0.4) is 0 Å². The highest BCUT2D eigenvalue weighted by Gasteiger charge is 2.28. The third-order valence-electron chi connectivity index (χ3n) is 4.00. The number of rotatable bonds is 9. The molecular formula is C19H19N3O9. The third kappa shape index (κ3) is 5.65. The zero-order valence-corrected chi connectivity index (χ0v) is 16.8. The second kappa shape index (κ2) is 10.0. The molecule has 1 unspecified atom stereocenters. The standard InChI is InChI=1S/C19H19N3O9/c1-4-30-17-9-14(15(22(27)28)10-16(17)29-3)19(24)31-11(2)18(23)20-12-5-7-13(8-6-12)21(25)26/h5-11H,4H2,1-3H3,(H,20,23). The van der Waals surface area contributed by atoms with E-state index in [1.54, 1.807) is 6.92 Å². The molecule has 31 heavy (non-hydrogen) atoms. The number of non-ortho nitro benzene ring substituents is 1. The van der Waals surface area contributed by atoms with Gasteiger partial charge in [-0.2, -0.15) is 0 Å². The molecule has 0 aromatic heterocycles. The van der Waals surface area contributed by atoms with Gasteiger partial charge in [-0.25, -0.2) is 4.79 Å². The molecule has 12 heteroatoms. The molecule has 164 valence electrons. The number of carbonyl (C=O) groups excluding carboxylic acids is 2. The molecule has 0 aliphatic heterocycles. The van der Waals surface area contributed by atoms with E-state index in [0.717, 1.165) is 12.1 Å². The molecule has 1 atom stereocenters. The highest BCUT2D eigenvalue weighted by molar-refractivity contribution is 5.99. The van der Waals surface area contributed by atoms with E-state index in [4.69, 9.17) is 14.2 Å². The summed E-state index contributed by atoms with van der Waals surface area (Å²) in [5.41, 5.74) is -0.903. The molecule has 0 bridgehead atoms. The number of carbonyl (C=O) groups is 2. The summed E-state index contributed by atoms with van der Waals surface area (Å²) < 4.78 is 15.4. The molecule has 0 fully saturated rings. The van der Waals surface area contributed by atoms with Gasteiger partial charge in [-0.15, -0.1) is 0 Å². The number of amides is 1. The van der Waals surface area contributed by atoms with Gasteiger partial charge in [0.1, 0.15) is 5.56 Å². The van der Waals surface area contributed by atoms with Gasteiger partial charge in [-0.05, 0) is 26.0 Å². The Morgan fingerprint density at radius 2 is 1.71 bits per heavy atom. The Bertz CT molecular complexity index is 1010. The van der Waals surface area contributed by atoms with Crippen molar-refractivity contribution in [3.05, 3.63) is 62.2 Å². The van der Waals surface area contributed by atoms with E-state index < -0.39 is 39.1 Å². The molecule has 0 saturated heterocycles. The number of nitrogens with one attached hydrogen (secondary N) is 1. The molecule has 0 heterocycles. The van der Waals surface area contributed by atoms with Crippen LogP contribution in [0.2, 0.25) is 0 Å². The Labute approximate surface area is 176 Å². The Morgan fingerprint density at radius 3 is 2.23 bits per heavy atom. The fourth-order valence-electron chi connectivity index (χ4n) is 2.48. The average molecular weight is 433 g/mol. The molecule has 1 amide bonds. The number of anilines is 1. The topological polar surface area (TPSA) is 160 Å². The van der Waals surface area contributed by atoms with Crippen LogP contribution in [-0.4, -0.2) is 41.5 Å². The van der Waals surface area contributed by atoms with Gasteiger partial charge >= 0.3 is 5.97 Å². The van der Waals surface area contributed by atoms with Gasteiger partial charge in [0.2, 0.25) is 0 Å². The highest BCUT2D eigenvalue weighted by atomic mass is 16.6. The number of benzene rings is 2. The second-order valence-electron chi connectivity index (χ2n) is 6.05. The first-order chi connectivity index (χ1) is 14.7. The first-order valence-electron chi connectivity index (χ1n) is 8.93. The second-order valence-corrected chi connectivity index (χ2v) is 6.05. The summed E-state index contributed by atoms with van der Waals surface area (Å²) >= 11 is 0. The largest absolute Gasteiger partial charge is 0.493 e. The Hall–Kier alpha value is -4.22. The van der Waals surface area contributed by atoms with Crippen LogP contribution in [0.25, 0.3) is 0 Å². The number of nitro benzene ring substituents is 2. The Morgan fingerprint density at radius 1 is 1.06 bits per heavy atom. The van der Waals surface area contributed by atoms with Crippen molar-refractivity contribution in [2.24, 2.45) is 0 Å². The number of nitro groups is 2. The minimum atomic E-state index is -1.32. The zero-order chi connectivity index (χ0) is 23.1. The molecule has 0 aliphatic carbocycles. The molecule has 2 rings (SSSR count). The lowest BCUT2D eigenvalue weighted by Crippen LogP contribution is -2.30. The van der Waals surface area contributed by atoms with Crippen LogP contribution in [0.5, 0.6) is 11.5 Å². The van der Waals surface area contributed by atoms with Crippen LogP contribution in [0.4, 0.5) is 17.1 Å². The maximum Gasteiger partial charge on any atom is 0.346 e. The van der Waals surface area contributed by atoms with E-state index in [1.807, 2.05) is 0 Å². The molecule has 0 aliphatic rings. The Kier molecular flexibility index (Phi) is 7.44. The van der Waals surface area contributed by atoms with Crippen LogP contribution in [0, 0.1) is 20.2 Å². The summed E-state index contributed by atoms with van der Waals surface area (Å²) in [6.45, 7) is 3.18. The highest BCUT2D eigenvalue weighted by Crippen LogP contribution is 2.35. The minimum absolute atomic E-state index is 0.0639. The molecule has 12 nitrogen and oxygen atoms in total. The summed E-state index contributed by atoms with van der Waals surface area (Å²) in [5.74, 6) is -1.68. The van der Waals surface area contributed by atoms with E-state index in [9.17, 15) is 29.8 Å². The van der Waals surface area contributed by atoms with Gasteiger partial charge in [-0.3, -0.25) is 25.0 Å². The number of methoxy groups -OCH3 is 1. The van der Waals surface area contributed by atoms with E-state index in [1.165, 1.54) is 38.3 Å². The lowest BCUT2D eigenvalue weighted by atomic mass is 10.1. The lowest BCUT2D eigenvalue weighted by Gasteiger charge is -2.15. The van der Waals surface area contributed by atoms with Crippen molar-refractivity contribution in [3.8, 4) is 11.5 Å². The van der Waals surface area contributed by atoms with E-state index in [0.29, 0.717) is 0 Å². The van der Waals surface area contributed by atoms with Crippen LogP contribution in [0.15, 0.2) is 36.4 Å². The smallest absolute Gasteiger partial charge is 0.346 e. The summed E-state index contributed by atoms with van der Waals surface area (Å²) in [7, 11) is 1.30. The maximum absolute atomic E-state index is 12.5. The number of nitrogens with zero attached hydrogens (tertiary/aromatic N) is 2. The van der Waals surface area contributed by atoms with Gasteiger partial charge in [0.15, 0.2) is 17.6 Å². The molecular weight excluding hydrogens is 414 g/mol. The van der Waals surface area contributed by atoms with Crippen LogP contribution < -0.4 is 14.8 Å². The van der Waals surface area contributed by atoms with Gasteiger partial charge < -0.3 is 19.5 Å². The van der Waals surface area contributed by atoms with Gasteiger partial charge in [0.25, 0.3) is 17.3 Å². The van der Waals surface area contributed by atoms with Crippen LogP contribution >= 0.6 is 0 Å². The van der Waals surface area contributed by atoms with Crippen LogP contribution in [-0.2, 0) is 9.53 Å². The van der Waals surface area contributed by atoms with Crippen molar-refractivity contribution in [1.82, 2.24) is 0 Å². The normalized spacial score (nSPS) is 11.2. The van der Waals surface area contributed by atoms with Crippen molar-refractivity contribution >= 4 is 28.9 Å². The fraction of sp³-hybridized carbons (Fsp3) is 0.263. The van der Waals surface area contributed by atoms with E-state index in [2.05, 4.69) is 5.32 Å². The molecule has 0 radical (unpaired) electrons. The van der Waals surface area contributed by atoms with Crippen molar-refractivity contribution in [2.75, 3.05) is 19.0 Å². The average Bonchev–Trinajstić information content (AvgIpc) is 2.73. The third-order valence-corrected chi connectivity index (χ3v) is 4.00. The summed E-state index contributed by atoms with van der Waals surface area (Å²) in [5, 5.41) is 24.5. The monoisotopic (exact) mass is 433 g/mol. The molecule has 2 aromatic carbocycles. The van der Waals surface area contributed by atoms with E-state index >= 15 is 0 Å². The van der Waals surface area contributed by atoms with Crippen LogP contribution in [0.1, 0.15) is 24.2 Å². The van der Waals surface area contributed by atoms with Gasteiger partial charge in [-0.1, -0.05) is 0 Å². The summed E-state index contributed by atoms with van der Waals surface area (Å²) in [4.78, 5) is 45.5. The number of esters is 1. The van der Waals surface area contributed by atoms with Gasteiger partial charge in [0.05, 0.1) is 29.6 Å². The fourth-order valence-corrected chi connectivity index (χ4v) is 2.48. The van der Waals surface area contributed by atoms with Crippen molar-refractivity contribution in [1.29, 1.82) is 0 Å². The molecule has 1 N–H and O–H groups in total. The van der Waals surface area contributed by atoms with Crippen molar-refractivity contribution in [2.45, 2.75) is 20.0 Å². The first kappa shape index (κ1) is 23.1. The number of hydrogen-bond acceptors (Lipinski definition) is 9. The SMILES string of the molecule is CCOc1cc(C(=O)OC(C)C(=O)Nc2ccc([N+](=O)[O-])cc2)c([N+](=O)[O-])cc1OC. The zero-order valence-electron chi connectivity index (χ0n) is 16.8. The predicted octanol–water partition coefficient (Wildman–Crippen LogP) is 3.09. The van der Waals surface area contributed by atoms with E-state index in [-0.39, 0.29) is 29.5 Å². The van der Waals surface area contributed by atoms with Crippen molar-refractivity contribution < 1.29 is 33.6 Å². The number of ether oxygens (including phenoxy) is 3. The summed E-state index contributed by atoms with van der Waals surface area (Å²) in [6, 6.07) is 7.16. The predicted molar refractivity (Wildman–Crippen MR) is 107 cm³/mol. The maximum atomic E-state index is 12.5.